The smallest absolute Gasteiger partial charge is 0.344 e. The Labute approximate surface area is 146 Å². The van der Waals surface area contributed by atoms with Crippen molar-refractivity contribution < 1.29 is 13.9 Å². The van der Waals surface area contributed by atoms with Crippen LogP contribution in [0.2, 0.25) is 0 Å². The standard InChI is InChI=1S/C20H23NO4/c22-18(17-13-14-3-1-2-4-16(14)19(23)25-17)21-15-5-7-20(8-6-15)9-11-24-12-10-20/h1-4,13,15H,5-12H2,(H,21,22). The maximum Gasteiger partial charge on any atom is 0.344 e. The minimum absolute atomic E-state index is 0.0926. The largest absolute Gasteiger partial charge is 0.417 e. The zero-order valence-corrected chi connectivity index (χ0v) is 14.3. The molecule has 2 fully saturated rings. The highest BCUT2D eigenvalue weighted by molar-refractivity contribution is 5.95. The number of hydrogen-bond donors (Lipinski definition) is 1. The second-order valence-corrected chi connectivity index (χ2v) is 7.35. The van der Waals surface area contributed by atoms with E-state index in [-0.39, 0.29) is 17.7 Å². The Morgan fingerprint density at radius 1 is 1.08 bits per heavy atom. The summed E-state index contributed by atoms with van der Waals surface area (Å²) in [5.74, 6) is -0.203. The lowest BCUT2D eigenvalue weighted by molar-refractivity contribution is -0.00907. The van der Waals surface area contributed by atoms with E-state index in [1.54, 1.807) is 18.2 Å². The highest BCUT2D eigenvalue weighted by Crippen LogP contribution is 2.44. The normalized spacial score (nSPS) is 20.6. The first-order chi connectivity index (χ1) is 12.2. The van der Waals surface area contributed by atoms with Crippen LogP contribution in [0.15, 0.2) is 39.5 Å². The number of amides is 1. The number of ether oxygens (including phenoxy) is 1. The number of carbonyl (C=O) groups is 1. The first kappa shape index (κ1) is 16.3. The van der Waals surface area contributed by atoms with Gasteiger partial charge in [-0.25, -0.2) is 4.79 Å². The summed E-state index contributed by atoms with van der Waals surface area (Å²) in [6.45, 7) is 1.72. The number of benzene rings is 1. The van der Waals surface area contributed by atoms with E-state index in [1.165, 1.54) is 0 Å². The molecular weight excluding hydrogens is 318 g/mol. The Hall–Kier alpha value is -2.14. The molecule has 1 amide bonds. The molecule has 5 heteroatoms. The van der Waals surface area contributed by atoms with Crippen LogP contribution in [0.1, 0.15) is 49.1 Å². The predicted molar refractivity (Wildman–Crippen MR) is 94.7 cm³/mol. The fourth-order valence-electron chi connectivity index (χ4n) is 4.18. The van der Waals surface area contributed by atoms with E-state index < -0.39 is 5.63 Å². The summed E-state index contributed by atoms with van der Waals surface area (Å²) < 4.78 is 10.7. The molecule has 1 aromatic carbocycles. The first-order valence-corrected chi connectivity index (χ1v) is 9.07. The van der Waals surface area contributed by atoms with E-state index in [1.807, 2.05) is 12.1 Å². The van der Waals surface area contributed by atoms with Crippen LogP contribution < -0.4 is 10.9 Å². The van der Waals surface area contributed by atoms with E-state index in [2.05, 4.69) is 5.32 Å². The molecule has 1 aliphatic heterocycles. The molecule has 0 bridgehead atoms. The van der Waals surface area contributed by atoms with Crippen molar-refractivity contribution in [1.29, 1.82) is 0 Å². The summed E-state index contributed by atoms with van der Waals surface area (Å²) >= 11 is 0. The third-order valence-corrected chi connectivity index (χ3v) is 5.83. The Kier molecular flexibility index (Phi) is 4.34. The second kappa shape index (κ2) is 6.64. The molecule has 2 aliphatic rings. The number of nitrogens with one attached hydrogen (secondary N) is 1. The van der Waals surface area contributed by atoms with Gasteiger partial charge in [0.05, 0.1) is 5.39 Å². The highest BCUT2D eigenvalue weighted by atomic mass is 16.5. The van der Waals surface area contributed by atoms with E-state index in [0.717, 1.165) is 57.1 Å². The topological polar surface area (TPSA) is 68.5 Å². The van der Waals surface area contributed by atoms with Crippen LogP contribution in [0, 0.1) is 5.41 Å². The van der Waals surface area contributed by atoms with Crippen LogP contribution in [-0.2, 0) is 4.74 Å². The van der Waals surface area contributed by atoms with Crippen molar-refractivity contribution in [3.05, 3.63) is 46.5 Å². The van der Waals surface area contributed by atoms with Gasteiger partial charge in [-0.2, -0.15) is 0 Å². The van der Waals surface area contributed by atoms with Crippen molar-refractivity contribution >= 4 is 16.7 Å². The molecule has 1 aliphatic carbocycles. The molecule has 1 saturated carbocycles. The van der Waals surface area contributed by atoms with Gasteiger partial charge in [0.1, 0.15) is 0 Å². The minimum Gasteiger partial charge on any atom is -0.417 e. The van der Waals surface area contributed by atoms with Crippen molar-refractivity contribution in [3.8, 4) is 0 Å². The van der Waals surface area contributed by atoms with Gasteiger partial charge in [-0.1, -0.05) is 18.2 Å². The Morgan fingerprint density at radius 3 is 2.56 bits per heavy atom. The Balaban J connectivity index is 1.43. The van der Waals surface area contributed by atoms with Gasteiger partial charge < -0.3 is 14.5 Å². The monoisotopic (exact) mass is 341 g/mol. The van der Waals surface area contributed by atoms with Gasteiger partial charge in [-0.3, -0.25) is 4.79 Å². The van der Waals surface area contributed by atoms with Crippen molar-refractivity contribution in [2.45, 2.75) is 44.6 Å². The first-order valence-electron chi connectivity index (χ1n) is 9.07. The van der Waals surface area contributed by atoms with E-state index in [4.69, 9.17) is 9.15 Å². The van der Waals surface area contributed by atoms with Gasteiger partial charge in [0.2, 0.25) is 0 Å². The summed E-state index contributed by atoms with van der Waals surface area (Å²) in [4.78, 5) is 24.6. The molecule has 0 atom stereocenters. The molecule has 132 valence electrons. The average Bonchev–Trinajstić information content (AvgIpc) is 2.64. The molecule has 25 heavy (non-hydrogen) atoms. The highest BCUT2D eigenvalue weighted by Gasteiger charge is 2.37. The van der Waals surface area contributed by atoms with Gasteiger partial charge in [-0.05, 0) is 61.5 Å². The van der Waals surface area contributed by atoms with E-state index in [9.17, 15) is 9.59 Å². The number of hydrogen-bond acceptors (Lipinski definition) is 4. The molecule has 5 nitrogen and oxygen atoms in total. The zero-order chi connectivity index (χ0) is 17.3. The van der Waals surface area contributed by atoms with Crippen LogP contribution in [0.5, 0.6) is 0 Å². The van der Waals surface area contributed by atoms with Crippen LogP contribution in [0.3, 0.4) is 0 Å². The molecule has 1 spiro atoms. The fraction of sp³-hybridized carbons (Fsp3) is 0.500. The van der Waals surface area contributed by atoms with Crippen molar-refractivity contribution in [2.75, 3.05) is 13.2 Å². The molecule has 2 aromatic rings. The maximum atomic E-state index is 12.5. The summed E-state index contributed by atoms with van der Waals surface area (Å²) in [7, 11) is 0. The van der Waals surface area contributed by atoms with Crippen LogP contribution in [0.4, 0.5) is 0 Å². The molecule has 0 unspecified atom stereocenters. The third kappa shape index (κ3) is 3.33. The molecular formula is C20H23NO4. The Bertz CT molecular complexity index is 825. The predicted octanol–water partition coefficient (Wildman–Crippen LogP) is 3.26. The minimum atomic E-state index is -0.465. The van der Waals surface area contributed by atoms with Gasteiger partial charge in [-0.15, -0.1) is 0 Å². The quantitative estimate of drug-likeness (QED) is 0.910. The summed E-state index contributed by atoms with van der Waals surface area (Å²) in [5, 5.41) is 4.27. The fourth-order valence-corrected chi connectivity index (χ4v) is 4.18. The molecule has 1 saturated heterocycles. The van der Waals surface area contributed by atoms with Crippen molar-refractivity contribution in [3.63, 3.8) is 0 Å². The van der Waals surface area contributed by atoms with Gasteiger partial charge in [0.15, 0.2) is 5.76 Å². The number of fused-ring (bicyclic) bond motifs is 1. The molecule has 1 aromatic heterocycles. The molecule has 4 rings (SSSR count). The van der Waals surface area contributed by atoms with Crippen LogP contribution >= 0.6 is 0 Å². The number of rotatable bonds is 2. The van der Waals surface area contributed by atoms with Crippen molar-refractivity contribution in [2.24, 2.45) is 5.41 Å². The lowest BCUT2D eigenvalue weighted by Crippen LogP contribution is -2.42. The molecule has 0 radical (unpaired) electrons. The molecule has 2 heterocycles. The number of carbonyl (C=O) groups excluding carboxylic acids is 1. The lowest BCUT2D eigenvalue weighted by Gasteiger charge is -2.42. The summed E-state index contributed by atoms with van der Waals surface area (Å²) in [6, 6.07) is 8.95. The maximum absolute atomic E-state index is 12.5. The van der Waals surface area contributed by atoms with Gasteiger partial charge in [0, 0.05) is 19.3 Å². The van der Waals surface area contributed by atoms with Crippen LogP contribution in [-0.4, -0.2) is 25.2 Å². The average molecular weight is 341 g/mol. The van der Waals surface area contributed by atoms with Gasteiger partial charge >= 0.3 is 5.63 Å². The van der Waals surface area contributed by atoms with Gasteiger partial charge in [0.25, 0.3) is 5.91 Å². The summed E-state index contributed by atoms with van der Waals surface area (Å²) in [5.41, 5.74) is -0.0531. The lowest BCUT2D eigenvalue weighted by atomic mass is 9.68. The van der Waals surface area contributed by atoms with E-state index in [0.29, 0.717) is 10.8 Å². The Morgan fingerprint density at radius 2 is 1.80 bits per heavy atom. The van der Waals surface area contributed by atoms with Crippen LogP contribution in [0.25, 0.3) is 10.8 Å². The summed E-state index contributed by atoms with van der Waals surface area (Å²) in [6.07, 6.45) is 6.47. The zero-order valence-electron chi connectivity index (χ0n) is 14.3. The third-order valence-electron chi connectivity index (χ3n) is 5.83. The van der Waals surface area contributed by atoms with Crippen molar-refractivity contribution in [1.82, 2.24) is 5.32 Å². The molecule has 1 N–H and O–H groups in total. The van der Waals surface area contributed by atoms with E-state index >= 15 is 0 Å². The second-order valence-electron chi connectivity index (χ2n) is 7.35. The SMILES string of the molecule is O=C(NC1CCC2(CCOCC2)CC1)c1cc2ccccc2c(=O)o1.